The molecule has 0 radical (unpaired) electrons. The summed E-state index contributed by atoms with van der Waals surface area (Å²) in [6, 6.07) is 7.21. The van der Waals surface area contributed by atoms with E-state index >= 15 is 0 Å². The summed E-state index contributed by atoms with van der Waals surface area (Å²) in [6.45, 7) is -0.0653. The van der Waals surface area contributed by atoms with Crippen LogP contribution in [0.4, 0.5) is 13.2 Å². The van der Waals surface area contributed by atoms with Crippen LogP contribution in [0.15, 0.2) is 41.5 Å². The number of rotatable bonds is 5. The first-order valence-corrected chi connectivity index (χ1v) is 6.81. The van der Waals surface area contributed by atoms with Crippen molar-refractivity contribution < 1.29 is 17.9 Å². The monoisotopic (exact) mass is 339 g/mol. The SMILES string of the molecule is NC(=S)NN=Cc1ccc(F)cc1OCc1ccc(F)c(F)c1. The minimum absolute atomic E-state index is 0.0207. The third-order valence-corrected chi connectivity index (χ3v) is 2.82. The Labute approximate surface area is 135 Å². The van der Waals surface area contributed by atoms with Gasteiger partial charge in [-0.25, -0.2) is 13.2 Å². The smallest absolute Gasteiger partial charge is 0.184 e. The second-order valence-corrected chi connectivity index (χ2v) is 4.89. The first-order valence-electron chi connectivity index (χ1n) is 6.40. The lowest BCUT2D eigenvalue weighted by molar-refractivity contribution is 0.303. The predicted molar refractivity (Wildman–Crippen MR) is 84.6 cm³/mol. The molecule has 0 aliphatic carbocycles. The molecule has 0 bridgehead atoms. The topological polar surface area (TPSA) is 59.6 Å². The van der Waals surface area contributed by atoms with Gasteiger partial charge in [0.1, 0.15) is 18.2 Å². The highest BCUT2D eigenvalue weighted by molar-refractivity contribution is 7.80. The van der Waals surface area contributed by atoms with Gasteiger partial charge in [-0.1, -0.05) is 6.07 Å². The van der Waals surface area contributed by atoms with Crippen LogP contribution in [0.25, 0.3) is 0 Å². The summed E-state index contributed by atoms with van der Waals surface area (Å²) < 4.78 is 44.8. The Balaban J connectivity index is 2.14. The van der Waals surface area contributed by atoms with Crippen molar-refractivity contribution in [3.05, 3.63) is 65.0 Å². The Morgan fingerprint density at radius 2 is 1.96 bits per heavy atom. The lowest BCUT2D eigenvalue weighted by Crippen LogP contribution is -2.24. The van der Waals surface area contributed by atoms with Gasteiger partial charge in [0.15, 0.2) is 16.7 Å². The number of nitrogens with one attached hydrogen (secondary N) is 1. The van der Waals surface area contributed by atoms with E-state index in [4.69, 9.17) is 10.5 Å². The molecule has 3 N–H and O–H groups in total. The first kappa shape index (κ1) is 16.8. The largest absolute Gasteiger partial charge is 0.488 e. The minimum Gasteiger partial charge on any atom is -0.488 e. The zero-order valence-corrected chi connectivity index (χ0v) is 12.5. The fourth-order valence-electron chi connectivity index (χ4n) is 1.70. The highest BCUT2D eigenvalue weighted by Crippen LogP contribution is 2.20. The molecule has 2 aromatic carbocycles. The molecule has 0 aliphatic rings. The molecule has 0 heterocycles. The molecule has 0 saturated carbocycles. The molecule has 0 atom stereocenters. The van der Waals surface area contributed by atoms with E-state index in [-0.39, 0.29) is 17.5 Å². The molecule has 23 heavy (non-hydrogen) atoms. The lowest BCUT2D eigenvalue weighted by atomic mass is 10.2. The fraction of sp³-hybridized carbons (Fsp3) is 0.0667. The number of hydrogen-bond acceptors (Lipinski definition) is 3. The maximum absolute atomic E-state index is 13.3. The Bertz CT molecular complexity index is 753. The Morgan fingerprint density at radius 1 is 1.17 bits per heavy atom. The van der Waals surface area contributed by atoms with Crippen molar-refractivity contribution in [2.24, 2.45) is 10.8 Å². The minimum atomic E-state index is -0.979. The summed E-state index contributed by atoms with van der Waals surface area (Å²) in [5.74, 6) is -2.25. The molecule has 8 heteroatoms. The average Bonchev–Trinajstić information content (AvgIpc) is 2.50. The molecule has 120 valence electrons. The van der Waals surface area contributed by atoms with Crippen LogP contribution >= 0.6 is 12.2 Å². The van der Waals surface area contributed by atoms with Crippen LogP contribution in [-0.2, 0) is 6.61 Å². The zero-order valence-electron chi connectivity index (χ0n) is 11.7. The van der Waals surface area contributed by atoms with E-state index in [1.165, 1.54) is 24.4 Å². The van der Waals surface area contributed by atoms with Crippen LogP contribution in [-0.4, -0.2) is 11.3 Å². The van der Waals surface area contributed by atoms with Crippen LogP contribution in [0.2, 0.25) is 0 Å². The maximum atomic E-state index is 13.3. The molecule has 2 aromatic rings. The number of hydrogen-bond donors (Lipinski definition) is 2. The van der Waals surface area contributed by atoms with Gasteiger partial charge in [-0.2, -0.15) is 5.10 Å². The van der Waals surface area contributed by atoms with Gasteiger partial charge in [0.2, 0.25) is 0 Å². The molecule has 0 aromatic heterocycles. The maximum Gasteiger partial charge on any atom is 0.184 e. The number of benzene rings is 2. The Morgan fingerprint density at radius 3 is 2.65 bits per heavy atom. The third-order valence-electron chi connectivity index (χ3n) is 2.73. The van der Waals surface area contributed by atoms with Gasteiger partial charge < -0.3 is 10.5 Å². The zero-order chi connectivity index (χ0) is 16.8. The second kappa shape index (κ2) is 7.59. The van der Waals surface area contributed by atoms with Crippen LogP contribution < -0.4 is 15.9 Å². The Hall–Kier alpha value is -2.61. The van der Waals surface area contributed by atoms with Gasteiger partial charge in [0.05, 0.1) is 6.21 Å². The molecule has 0 aliphatic heterocycles. The number of thiocarbonyl (C=S) groups is 1. The summed E-state index contributed by atoms with van der Waals surface area (Å²) in [7, 11) is 0. The molecule has 0 amide bonds. The number of halogens is 3. The summed E-state index contributed by atoms with van der Waals surface area (Å²) in [5.41, 5.74) is 8.45. The molecule has 2 rings (SSSR count). The normalized spacial score (nSPS) is 10.7. The number of hydrazone groups is 1. The van der Waals surface area contributed by atoms with Crippen molar-refractivity contribution in [1.82, 2.24) is 5.43 Å². The van der Waals surface area contributed by atoms with Crippen molar-refractivity contribution in [3.8, 4) is 5.75 Å². The number of ether oxygens (including phenoxy) is 1. The van der Waals surface area contributed by atoms with Crippen molar-refractivity contribution in [2.45, 2.75) is 6.61 Å². The lowest BCUT2D eigenvalue weighted by Gasteiger charge is -2.09. The van der Waals surface area contributed by atoms with Crippen molar-refractivity contribution in [3.63, 3.8) is 0 Å². The van der Waals surface area contributed by atoms with Gasteiger partial charge in [-0.15, -0.1) is 0 Å². The standard InChI is InChI=1S/C15H12F3N3OS/c16-11-3-2-10(7-20-21-15(19)23)14(6-11)22-8-9-1-4-12(17)13(18)5-9/h1-7H,8H2,(H3,19,21,23). The van der Waals surface area contributed by atoms with Crippen LogP contribution in [0, 0.1) is 17.5 Å². The molecule has 0 spiro atoms. The summed E-state index contributed by atoms with van der Waals surface area (Å²) >= 11 is 4.60. The van der Waals surface area contributed by atoms with Crippen molar-refractivity contribution in [2.75, 3.05) is 0 Å². The van der Waals surface area contributed by atoms with Crippen LogP contribution in [0.5, 0.6) is 5.75 Å². The number of nitrogens with two attached hydrogens (primary N) is 1. The third kappa shape index (κ3) is 4.96. The van der Waals surface area contributed by atoms with Crippen LogP contribution in [0.3, 0.4) is 0 Å². The van der Waals surface area contributed by atoms with Crippen molar-refractivity contribution >= 4 is 23.5 Å². The molecule has 0 saturated heterocycles. The van der Waals surface area contributed by atoms with E-state index in [1.54, 1.807) is 0 Å². The van der Waals surface area contributed by atoms with E-state index in [0.717, 1.165) is 18.2 Å². The molecular weight excluding hydrogens is 327 g/mol. The van der Waals surface area contributed by atoms with Gasteiger partial charge in [-0.3, -0.25) is 5.43 Å². The van der Waals surface area contributed by atoms with E-state index in [2.05, 4.69) is 22.7 Å². The molecule has 0 unspecified atom stereocenters. The highest BCUT2D eigenvalue weighted by Gasteiger charge is 2.07. The van der Waals surface area contributed by atoms with E-state index in [1.807, 2.05) is 0 Å². The van der Waals surface area contributed by atoms with Gasteiger partial charge in [-0.05, 0) is 42.0 Å². The highest BCUT2D eigenvalue weighted by atomic mass is 32.1. The van der Waals surface area contributed by atoms with Gasteiger partial charge in [0, 0.05) is 11.6 Å². The molecule has 0 fully saturated rings. The fourth-order valence-corrected chi connectivity index (χ4v) is 1.75. The second-order valence-electron chi connectivity index (χ2n) is 4.45. The van der Waals surface area contributed by atoms with E-state index in [0.29, 0.717) is 11.1 Å². The van der Waals surface area contributed by atoms with Gasteiger partial charge in [0.25, 0.3) is 0 Å². The first-order chi connectivity index (χ1) is 11.0. The Kier molecular flexibility index (Phi) is 5.53. The quantitative estimate of drug-likeness (QED) is 0.500. The molecular formula is C15H12F3N3OS. The van der Waals surface area contributed by atoms with Crippen molar-refractivity contribution in [1.29, 1.82) is 0 Å². The summed E-state index contributed by atoms with van der Waals surface area (Å²) in [5, 5.41) is 3.74. The van der Waals surface area contributed by atoms with Gasteiger partial charge >= 0.3 is 0 Å². The number of nitrogens with zero attached hydrogens (tertiary/aromatic N) is 1. The van der Waals surface area contributed by atoms with E-state index < -0.39 is 17.5 Å². The molecule has 4 nitrogen and oxygen atoms in total. The summed E-state index contributed by atoms with van der Waals surface area (Å²) in [6.07, 6.45) is 1.35. The van der Waals surface area contributed by atoms with Crippen LogP contribution in [0.1, 0.15) is 11.1 Å². The summed E-state index contributed by atoms with van der Waals surface area (Å²) in [4.78, 5) is 0. The predicted octanol–water partition coefficient (Wildman–Crippen LogP) is 2.85. The average molecular weight is 339 g/mol. The van der Waals surface area contributed by atoms with E-state index in [9.17, 15) is 13.2 Å².